The van der Waals surface area contributed by atoms with Crippen LogP contribution in [0.15, 0.2) is 11.6 Å². The average Bonchev–Trinajstić information content (AvgIpc) is 2.89. The van der Waals surface area contributed by atoms with Crippen LogP contribution >= 0.6 is 0 Å². The number of likely N-dealkylation sites (N-methyl/N-ethyl adjacent to an activating group) is 1. The van der Waals surface area contributed by atoms with Crippen LogP contribution in [0.2, 0.25) is 0 Å². The molecule has 1 saturated carbocycles. The molecule has 2 unspecified atom stereocenters. The van der Waals surface area contributed by atoms with Gasteiger partial charge < -0.3 is 10.1 Å². The highest BCUT2D eigenvalue weighted by Crippen LogP contribution is 2.35. The summed E-state index contributed by atoms with van der Waals surface area (Å²) in [6.45, 7) is 7.43. The molecule has 1 aliphatic rings. The number of allylic oxidation sites excluding steroid dienone is 1. The highest BCUT2D eigenvalue weighted by atomic mass is 16.5. The molecule has 1 N–H and O–H groups in total. The maximum atomic E-state index is 5.58. The van der Waals surface area contributed by atoms with Crippen molar-refractivity contribution in [3.63, 3.8) is 0 Å². The molecule has 1 aliphatic carbocycles. The van der Waals surface area contributed by atoms with Crippen molar-refractivity contribution in [1.29, 1.82) is 0 Å². The molecule has 0 aromatic heterocycles. The van der Waals surface area contributed by atoms with E-state index in [0.717, 1.165) is 12.5 Å². The normalized spacial score (nSPS) is 20.3. The van der Waals surface area contributed by atoms with Crippen LogP contribution in [0.1, 0.15) is 33.6 Å². The summed E-state index contributed by atoms with van der Waals surface area (Å²) < 4.78 is 5.58. The first-order chi connectivity index (χ1) is 6.69. The Morgan fingerprint density at radius 3 is 2.50 bits per heavy atom. The van der Waals surface area contributed by atoms with Gasteiger partial charge in [0.15, 0.2) is 0 Å². The minimum atomic E-state index is 0.366. The summed E-state index contributed by atoms with van der Waals surface area (Å²) >= 11 is 0. The molecule has 2 nitrogen and oxygen atoms in total. The van der Waals surface area contributed by atoms with Crippen LogP contribution in [0.25, 0.3) is 0 Å². The minimum Gasteiger partial charge on any atom is -0.379 e. The zero-order chi connectivity index (χ0) is 10.6. The lowest BCUT2D eigenvalue weighted by Crippen LogP contribution is -2.40. The fourth-order valence-electron chi connectivity index (χ4n) is 1.92. The van der Waals surface area contributed by atoms with Gasteiger partial charge in [-0.2, -0.15) is 0 Å². The smallest absolute Gasteiger partial charge is 0.0788 e. The lowest BCUT2D eigenvalue weighted by Gasteiger charge is -2.24. The fraction of sp³-hybridized carbons (Fsp3) is 0.833. The van der Waals surface area contributed by atoms with Crippen LogP contribution in [0.4, 0.5) is 0 Å². The fourth-order valence-corrected chi connectivity index (χ4v) is 1.92. The number of hydrogen-bond acceptors (Lipinski definition) is 2. The molecule has 2 atom stereocenters. The van der Waals surface area contributed by atoms with Gasteiger partial charge in [-0.05, 0) is 39.2 Å². The molecule has 0 aliphatic heterocycles. The van der Waals surface area contributed by atoms with Crippen LogP contribution in [0, 0.1) is 5.92 Å². The third kappa shape index (κ3) is 3.43. The van der Waals surface area contributed by atoms with E-state index in [0.29, 0.717) is 12.1 Å². The van der Waals surface area contributed by atoms with E-state index in [2.05, 4.69) is 32.2 Å². The average molecular weight is 197 g/mol. The van der Waals surface area contributed by atoms with Crippen molar-refractivity contribution in [2.45, 2.75) is 45.8 Å². The van der Waals surface area contributed by atoms with Gasteiger partial charge in [0.2, 0.25) is 0 Å². The third-order valence-corrected chi connectivity index (χ3v) is 2.67. The number of nitrogens with one attached hydrogen (secondary N) is 1. The molecule has 0 bridgehead atoms. The summed E-state index contributed by atoms with van der Waals surface area (Å²) in [6, 6.07) is 0.391. The van der Waals surface area contributed by atoms with Gasteiger partial charge in [-0.3, -0.25) is 0 Å². The van der Waals surface area contributed by atoms with Gasteiger partial charge in [0.25, 0.3) is 0 Å². The Bertz CT molecular complexity index is 192. The van der Waals surface area contributed by atoms with Crippen LogP contribution in [0.3, 0.4) is 0 Å². The molecular formula is C12H23NO. The van der Waals surface area contributed by atoms with Gasteiger partial charge >= 0.3 is 0 Å². The molecule has 0 radical (unpaired) electrons. The van der Waals surface area contributed by atoms with Gasteiger partial charge in [0.1, 0.15) is 0 Å². The number of ether oxygens (including phenoxy) is 1. The van der Waals surface area contributed by atoms with Crippen LogP contribution in [-0.2, 0) is 4.74 Å². The zero-order valence-electron chi connectivity index (χ0n) is 9.84. The van der Waals surface area contributed by atoms with Crippen molar-refractivity contribution in [1.82, 2.24) is 5.32 Å². The molecule has 0 amide bonds. The maximum Gasteiger partial charge on any atom is 0.0788 e. The van der Waals surface area contributed by atoms with Crippen LogP contribution in [-0.4, -0.2) is 25.8 Å². The second-order valence-electron chi connectivity index (χ2n) is 4.37. The van der Waals surface area contributed by atoms with E-state index < -0.39 is 0 Å². The zero-order valence-corrected chi connectivity index (χ0v) is 9.84. The lowest BCUT2D eigenvalue weighted by atomic mass is 10.0. The Morgan fingerprint density at radius 2 is 2.14 bits per heavy atom. The first kappa shape index (κ1) is 11.7. The van der Waals surface area contributed by atoms with Crippen molar-refractivity contribution < 1.29 is 4.74 Å². The highest BCUT2D eigenvalue weighted by molar-refractivity contribution is 5.06. The SMILES string of the molecule is CCNC(C=C(C)C)C(OC)C1CC1. The van der Waals surface area contributed by atoms with Gasteiger partial charge in [-0.1, -0.05) is 18.6 Å². The Morgan fingerprint density at radius 1 is 1.50 bits per heavy atom. The molecule has 82 valence electrons. The summed E-state index contributed by atoms with van der Waals surface area (Å²) in [4.78, 5) is 0. The van der Waals surface area contributed by atoms with Crippen LogP contribution < -0.4 is 5.32 Å². The predicted molar refractivity (Wildman–Crippen MR) is 60.4 cm³/mol. The van der Waals surface area contributed by atoms with Crippen molar-refractivity contribution in [2.75, 3.05) is 13.7 Å². The molecule has 0 aromatic carbocycles. The molecule has 1 fully saturated rings. The van der Waals surface area contributed by atoms with Gasteiger partial charge in [0.05, 0.1) is 12.1 Å². The first-order valence-corrected chi connectivity index (χ1v) is 5.60. The number of hydrogen-bond donors (Lipinski definition) is 1. The van der Waals surface area contributed by atoms with Crippen molar-refractivity contribution in [2.24, 2.45) is 5.92 Å². The second-order valence-corrected chi connectivity index (χ2v) is 4.37. The lowest BCUT2D eigenvalue weighted by molar-refractivity contribution is 0.0646. The van der Waals surface area contributed by atoms with E-state index in [-0.39, 0.29) is 0 Å². The van der Waals surface area contributed by atoms with E-state index in [4.69, 9.17) is 4.74 Å². The quantitative estimate of drug-likeness (QED) is 0.660. The van der Waals surface area contributed by atoms with E-state index in [9.17, 15) is 0 Å². The maximum absolute atomic E-state index is 5.58. The minimum absolute atomic E-state index is 0.366. The predicted octanol–water partition coefficient (Wildman–Crippen LogP) is 2.36. The molecule has 14 heavy (non-hydrogen) atoms. The molecule has 0 spiro atoms. The topological polar surface area (TPSA) is 21.3 Å². The highest BCUT2D eigenvalue weighted by Gasteiger charge is 2.35. The Kier molecular flexibility index (Phi) is 4.63. The number of methoxy groups -OCH3 is 1. The molecule has 1 rings (SSSR count). The second kappa shape index (κ2) is 5.52. The van der Waals surface area contributed by atoms with Gasteiger partial charge in [0, 0.05) is 7.11 Å². The standard InChI is InChI=1S/C12H23NO/c1-5-13-11(8-9(2)3)12(14-4)10-6-7-10/h8,10-13H,5-7H2,1-4H3. The molecule has 0 saturated heterocycles. The van der Waals surface area contributed by atoms with Gasteiger partial charge in [-0.25, -0.2) is 0 Å². The Balaban J connectivity index is 2.58. The largest absolute Gasteiger partial charge is 0.379 e. The Labute approximate surface area is 87.7 Å². The summed E-state index contributed by atoms with van der Waals surface area (Å²) in [7, 11) is 1.83. The monoisotopic (exact) mass is 197 g/mol. The third-order valence-electron chi connectivity index (χ3n) is 2.67. The number of rotatable bonds is 6. The van der Waals surface area contributed by atoms with E-state index >= 15 is 0 Å². The van der Waals surface area contributed by atoms with Crippen molar-refractivity contribution in [3.05, 3.63) is 11.6 Å². The van der Waals surface area contributed by atoms with Crippen molar-refractivity contribution in [3.8, 4) is 0 Å². The summed E-state index contributed by atoms with van der Waals surface area (Å²) in [5.41, 5.74) is 1.36. The molecule has 0 aromatic rings. The van der Waals surface area contributed by atoms with Gasteiger partial charge in [-0.15, -0.1) is 0 Å². The molecule has 0 heterocycles. The van der Waals surface area contributed by atoms with Crippen LogP contribution in [0.5, 0.6) is 0 Å². The first-order valence-electron chi connectivity index (χ1n) is 5.60. The summed E-state index contributed by atoms with van der Waals surface area (Å²) in [5, 5.41) is 3.48. The Hall–Kier alpha value is -0.340. The van der Waals surface area contributed by atoms with E-state index in [1.54, 1.807) is 0 Å². The molecular weight excluding hydrogens is 174 g/mol. The summed E-state index contributed by atoms with van der Waals surface area (Å²) in [6.07, 6.45) is 5.31. The van der Waals surface area contributed by atoms with E-state index in [1.165, 1.54) is 18.4 Å². The molecule has 2 heteroatoms. The van der Waals surface area contributed by atoms with Crippen molar-refractivity contribution >= 4 is 0 Å². The summed E-state index contributed by atoms with van der Waals surface area (Å²) in [5.74, 6) is 0.777. The van der Waals surface area contributed by atoms with E-state index in [1.807, 2.05) is 7.11 Å².